The van der Waals surface area contributed by atoms with Crippen LogP contribution in [0.25, 0.3) is 0 Å². The second-order valence-corrected chi connectivity index (χ2v) is 6.43. The molecule has 6 heteroatoms. The molecule has 1 spiro atoms. The van der Waals surface area contributed by atoms with E-state index in [1.807, 2.05) is 6.07 Å². The van der Waals surface area contributed by atoms with Crippen LogP contribution in [0, 0.1) is 0 Å². The van der Waals surface area contributed by atoms with Crippen molar-refractivity contribution in [3.63, 3.8) is 0 Å². The van der Waals surface area contributed by atoms with Crippen LogP contribution in [-0.4, -0.2) is 47.9 Å². The molecule has 0 saturated carbocycles. The average molecular weight is 326 g/mol. The second kappa shape index (κ2) is 6.44. The van der Waals surface area contributed by atoms with Crippen molar-refractivity contribution in [1.82, 2.24) is 4.90 Å². The molecule has 120 valence electrons. The van der Waals surface area contributed by atoms with Crippen LogP contribution in [0.4, 0.5) is 0 Å². The first kappa shape index (κ1) is 15.6. The van der Waals surface area contributed by atoms with E-state index in [1.165, 1.54) is 6.42 Å². The molecule has 2 saturated heterocycles. The van der Waals surface area contributed by atoms with Gasteiger partial charge in [0.2, 0.25) is 0 Å². The van der Waals surface area contributed by atoms with Crippen LogP contribution < -0.4 is 4.74 Å². The number of piperidine rings is 1. The lowest BCUT2D eigenvalue weighted by Crippen LogP contribution is -2.52. The molecule has 0 unspecified atom stereocenters. The van der Waals surface area contributed by atoms with Gasteiger partial charge in [0.25, 0.3) is 0 Å². The third-order valence-electron chi connectivity index (χ3n) is 4.50. The van der Waals surface area contributed by atoms with Gasteiger partial charge >= 0.3 is 5.97 Å². The van der Waals surface area contributed by atoms with Gasteiger partial charge in [-0.1, -0.05) is 11.6 Å². The highest BCUT2D eigenvalue weighted by Gasteiger charge is 2.40. The molecule has 1 N–H and O–H groups in total. The Hall–Kier alpha value is -1.30. The quantitative estimate of drug-likeness (QED) is 0.901. The second-order valence-electron chi connectivity index (χ2n) is 5.99. The number of carbonyl (C=O) groups is 1. The summed E-state index contributed by atoms with van der Waals surface area (Å²) in [7, 11) is 0. The Balaban J connectivity index is 1.63. The summed E-state index contributed by atoms with van der Waals surface area (Å²) in [6.45, 7) is 3.22. The summed E-state index contributed by atoms with van der Waals surface area (Å²) in [6.07, 6.45) is 3.28. The molecule has 22 heavy (non-hydrogen) atoms. The summed E-state index contributed by atoms with van der Waals surface area (Å²) in [5.74, 6) is -0.394. The van der Waals surface area contributed by atoms with Crippen LogP contribution in [0.5, 0.6) is 5.75 Å². The maximum Gasteiger partial charge on any atom is 0.341 e. The van der Waals surface area contributed by atoms with E-state index in [0.717, 1.165) is 38.1 Å². The monoisotopic (exact) mass is 325 g/mol. The highest BCUT2D eigenvalue weighted by atomic mass is 35.5. The van der Waals surface area contributed by atoms with Crippen molar-refractivity contribution in [3.05, 3.63) is 28.8 Å². The standard InChI is InChI=1S/C16H20ClNO4/c17-13-1-2-14(21-11-15(19)20)12(9-13)10-18-6-3-16(4-7-18)5-8-22-16/h1-2,9H,3-8,10-11H2,(H,19,20). The fraction of sp³-hybridized carbons (Fsp3) is 0.562. The van der Waals surface area contributed by atoms with E-state index in [0.29, 0.717) is 17.3 Å². The Bertz CT molecular complexity index is 549. The molecule has 0 radical (unpaired) electrons. The van der Waals surface area contributed by atoms with Crippen molar-refractivity contribution in [3.8, 4) is 5.75 Å². The van der Waals surface area contributed by atoms with Crippen LogP contribution in [0.15, 0.2) is 18.2 Å². The normalized spacial score (nSPS) is 20.6. The summed E-state index contributed by atoms with van der Waals surface area (Å²) in [4.78, 5) is 13.0. The average Bonchev–Trinajstić information content (AvgIpc) is 2.45. The molecule has 0 bridgehead atoms. The molecular formula is C16H20ClNO4. The third-order valence-corrected chi connectivity index (χ3v) is 4.74. The highest BCUT2D eigenvalue weighted by Crippen LogP contribution is 2.37. The van der Waals surface area contributed by atoms with E-state index in [1.54, 1.807) is 12.1 Å². The Kier molecular flexibility index (Phi) is 4.57. The van der Waals surface area contributed by atoms with Crippen LogP contribution in [0.2, 0.25) is 5.02 Å². The first-order chi connectivity index (χ1) is 10.6. The lowest BCUT2D eigenvalue weighted by molar-refractivity contribution is -0.173. The van der Waals surface area contributed by atoms with Gasteiger partial charge in [-0.3, -0.25) is 4.90 Å². The maximum absolute atomic E-state index is 10.7. The number of ether oxygens (including phenoxy) is 2. The number of halogens is 1. The maximum atomic E-state index is 10.7. The van der Waals surface area contributed by atoms with Gasteiger partial charge in [0.05, 0.1) is 12.2 Å². The van der Waals surface area contributed by atoms with Gasteiger partial charge < -0.3 is 14.6 Å². The Morgan fingerprint density at radius 2 is 2.09 bits per heavy atom. The molecule has 2 aliphatic rings. The van der Waals surface area contributed by atoms with Crippen molar-refractivity contribution >= 4 is 17.6 Å². The molecule has 2 heterocycles. The molecule has 2 aliphatic heterocycles. The fourth-order valence-corrected chi connectivity index (χ4v) is 3.29. The van der Waals surface area contributed by atoms with E-state index >= 15 is 0 Å². The molecule has 0 atom stereocenters. The van der Waals surface area contributed by atoms with Crippen molar-refractivity contribution < 1.29 is 19.4 Å². The predicted octanol–water partition coefficient (Wildman–Crippen LogP) is 2.56. The van der Waals surface area contributed by atoms with E-state index < -0.39 is 5.97 Å². The first-order valence-corrected chi connectivity index (χ1v) is 7.93. The van der Waals surface area contributed by atoms with Crippen molar-refractivity contribution in [2.24, 2.45) is 0 Å². The zero-order valence-corrected chi connectivity index (χ0v) is 13.1. The van der Waals surface area contributed by atoms with Gasteiger partial charge in [0, 0.05) is 30.2 Å². The summed E-state index contributed by atoms with van der Waals surface area (Å²) in [6, 6.07) is 5.31. The number of hydrogen-bond acceptors (Lipinski definition) is 4. The molecule has 0 aliphatic carbocycles. The summed E-state index contributed by atoms with van der Waals surface area (Å²) < 4.78 is 11.1. The molecule has 1 aromatic carbocycles. The van der Waals surface area contributed by atoms with Gasteiger partial charge in [-0.15, -0.1) is 0 Å². The fourth-order valence-electron chi connectivity index (χ4n) is 3.10. The number of hydrogen-bond donors (Lipinski definition) is 1. The number of carboxylic acids is 1. The zero-order chi connectivity index (χ0) is 15.6. The number of rotatable bonds is 5. The molecule has 1 aromatic rings. The van der Waals surface area contributed by atoms with E-state index in [9.17, 15) is 4.79 Å². The van der Waals surface area contributed by atoms with Crippen LogP contribution in [-0.2, 0) is 16.1 Å². The minimum Gasteiger partial charge on any atom is -0.482 e. The minimum absolute atomic E-state index is 0.132. The lowest BCUT2D eigenvalue weighted by atomic mass is 9.84. The van der Waals surface area contributed by atoms with Gasteiger partial charge in [0.1, 0.15) is 5.75 Å². The minimum atomic E-state index is -0.983. The van der Waals surface area contributed by atoms with Gasteiger partial charge in [0.15, 0.2) is 6.61 Å². The Morgan fingerprint density at radius 1 is 1.36 bits per heavy atom. The third kappa shape index (κ3) is 3.54. The predicted molar refractivity (Wildman–Crippen MR) is 82.4 cm³/mol. The van der Waals surface area contributed by atoms with Crippen LogP contribution in [0.1, 0.15) is 24.8 Å². The van der Waals surface area contributed by atoms with E-state index in [-0.39, 0.29) is 12.2 Å². The summed E-state index contributed by atoms with van der Waals surface area (Å²) in [5, 5.41) is 9.39. The molecule has 0 aromatic heterocycles. The Labute approximate surface area is 134 Å². The van der Waals surface area contributed by atoms with Crippen molar-refractivity contribution in [2.45, 2.75) is 31.4 Å². The van der Waals surface area contributed by atoms with E-state index in [2.05, 4.69) is 4.90 Å². The topological polar surface area (TPSA) is 59.0 Å². The number of nitrogens with zero attached hydrogens (tertiary/aromatic N) is 1. The zero-order valence-electron chi connectivity index (χ0n) is 12.4. The largest absolute Gasteiger partial charge is 0.482 e. The first-order valence-electron chi connectivity index (χ1n) is 7.56. The van der Waals surface area contributed by atoms with Crippen molar-refractivity contribution in [2.75, 3.05) is 26.3 Å². The number of carboxylic acid groups (broad SMARTS) is 1. The van der Waals surface area contributed by atoms with Crippen molar-refractivity contribution in [1.29, 1.82) is 0 Å². The van der Waals surface area contributed by atoms with Gasteiger partial charge in [-0.25, -0.2) is 4.79 Å². The smallest absolute Gasteiger partial charge is 0.341 e. The number of aliphatic carboxylic acids is 1. The van der Waals surface area contributed by atoms with Gasteiger partial charge in [-0.05, 0) is 37.5 Å². The van der Waals surface area contributed by atoms with Gasteiger partial charge in [-0.2, -0.15) is 0 Å². The number of likely N-dealkylation sites (tertiary alicyclic amines) is 1. The SMILES string of the molecule is O=C(O)COc1ccc(Cl)cc1CN1CCC2(CCO2)CC1. The molecule has 3 rings (SSSR count). The summed E-state index contributed by atoms with van der Waals surface area (Å²) in [5.41, 5.74) is 1.06. The molecule has 5 nitrogen and oxygen atoms in total. The highest BCUT2D eigenvalue weighted by molar-refractivity contribution is 6.30. The summed E-state index contributed by atoms with van der Waals surface area (Å²) >= 11 is 6.06. The van der Waals surface area contributed by atoms with E-state index in [4.69, 9.17) is 26.2 Å². The molecule has 0 amide bonds. The van der Waals surface area contributed by atoms with Crippen LogP contribution >= 0.6 is 11.6 Å². The molecular weight excluding hydrogens is 306 g/mol. The lowest BCUT2D eigenvalue weighted by Gasteiger charge is -2.47. The molecule has 2 fully saturated rings. The van der Waals surface area contributed by atoms with Crippen LogP contribution in [0.3, 0.4) is 0 Å². The Morgan fingerprint density at radius 3 is 2.68 bits per heavy atom. The number of benzene rings is 1.